The lowest BCUT2D eigenvalue weighted by Crippen LogP contribution is -2.27. The minimum absolute atomic E-state index is 0.0235. The lowest BCUT2D eigenvalue weighted by Gasteiger charge is -2.14. The lowest BCUT2D eigenvalue weighted by molar-refractivity contribution is -0.127. The van der Waals surface area contributed by atoms with Crippen LogP contribution in [0.25, 0.3) is 0 Å². The third-order valence-corrected chi connectivity index (χ3v) is 5.41. The number of nitrogens with one attached hydrogen (secondary N) is 1. The molecule has 0 bridgehead atoms. The second-order valence-corrected chi connectivity index (χ2v) is 7.53. The minimum atomic E-state index is 0.0235. The summed E-state index contributed by atoms with van der Waals surface area (Å²) in [6.07, 6.45) is 1.60. The van der Waals surface area contributed by atoms with E-state index in [2.05, 4.69) is 27.6 Å². The van der Waals surface area contributed by atoms with Crippen molar-refractivity contribution in [3.05, 3.63) is 60.1 Å². The topological polar surface area (TPSA) is 71.3 Å². The van der Waals surface area contributed by atoms with Crippen LogP contribution in [0.15, 0.2) is 57.5 Å². The Bertz CT molecular complexity index is 790. The summed E-state index contributed by atoms with van der Waals surface area (Å²) in [6.45, 7) is 1.16. The number of benzene rings is 1. The number of rotatable bonds is 8. The van der Waals surface area contributed by atoms with Gasteiger partial charge in [-0.25, -0.2) is 0 Å². The summed E-state index contributed by atoms with van der Waals surface area (Å²) in [5.74, 6) is 1.12. The molecule has 2 heterocycles. The summed E-state index contributed by atoms with van der Waals surface area (Å²) in [4.78, 5) is 13.8. The number of hydrogen-bond acceptors (Lipinski definition) is 7. The molecule has 25 heavy (non-hydrogen) atoms. The maximum Gasteiger partial charge on any atom is 0.233 e. The molecule has 130 valence electrons. The lowest BCUT2D eigenvalue weighted by atomic mass is 10.2. The van der Waals surface area contributed by atoms with Crippen molar-refractivity contribution in [1.29, 1.82) is 0 Å². The third kappa shape index (κ3) is 5.33. The highest BCUT2D eigenvalue weighted by molar-refractivity contribution is 8.01. The van der Waals surface area contributed by atoms with Crippen LogP contribution in [0, 0.1) is 0 Å². The van der Waals surface area contributed by atoms with Crippen molar-refractivity contribution in [2.45, 2.75) is 17.4 Å². The van der Waals surface area contributed by atoms with E-state index in [9.17, 15) is 4.79 Å². The van der Waals surface area contributed by atoms with Crippen LogP contribution < -0.4 is 5.32 Å². The van der Waals surface area contributed by atoms with Crippen LogP contribution in [0.3, 0.4) is 0 Å². The van der Waals surface area contributed by atoms with Crippen molar-refractivity contribution in [1.82, 2.24) is 15.1 Å². The standard InChI is InChI=1S/C17H18N4O2S2/c1-21(11-14-8-5-9-23-14)15(22)12-24-17-20-19-16(25-17)18-10-13-6-3-2-4-7-13/h2-9H,10-12H2,1H3,(H,18,19). The highest BCUT2D eigenvalue weighted by Gasteiger charge is 2.13. The summed E-state index contributed by atoms with van der Waals surface area (Å²) >= 11 is 2.85. The molecular formula is C17H18N4O2S2. The van der Waals surface area contributed by atoms with Gasteiger partial charge in [-0.3, -0.25) is 4.79 Å². The van der Waals surface area contributed by atoms with Crippen LogP contribution in [0.1, 0.15) is 11.3 Å². The Hall–Kier alpha value is -2.32. The maximum absolute atomic E-state index is 12.2. The van der Waals surface area contributed by atoms with Crippen LogP contribution in [-0.4, -0.2) is 33.8 Å². The van der Waals surface area contributed by atoms with Crippen LogP contribution >= 0.6 is 23.1 Å². The van der Waals surface area contributed by atoms with Gasteiger partial charge in [0.15, 0.2) is 4.34 Å². The number of anilines is 1. The van der Waals surface area contributed by atoms with Gasteiger partial charge in [0, 0.05) is 13.6 Å². The maximum atomic E-state index is 12.2. The molecular weight excluding hydrogens is 356 g/mol. The number of carbonyl (C=O) groups is 1. The normalized spacial score (nSPS) is 10.6. The fourth-order valence-corrected chi connectivity index (χ4v) is 3.76. The quantitative estimate of drug-likeness (QED) is 0.609. The van der Waals surface area contributed by atoms with Crippen LogP contribution in [0.4, 0.5) is 5.13 Å². The van der Waals surface area contributed by atoms with E-state index in [0.717, 1.165) is 15.2 Å². The molecule has 0 aliphatic rings. The van der Waals surface area contributed by atoms with Gasteiger partial charge in [-0.05, 0) is 17.7 Å². The van der Waals surface area contributed by atoms with Gasteiger partial charge >= 0.3 is 0 Å². The van der Waals surface area contributed by atoms with E-state index in [4.69, 9.17) is 4.42 Å². The summed E-state index contributed by atoms with van der Waals surface area (Å²) < 4.78 is 6.03. The van der Waals surface area contributed by atoms with Crippen molar-refractivity contribution in [3.8, 4) is 0 Å². The second-order valence-electron chi connectivity index (χ2n) is 5.33. The fraction of sp³-hybridized carbons (Fsp3) is 0.235. The molecule has 1 N–H and O–H groups in total. The zero-order valence-corrected chi connectivity index (χ0v) is 15.3. The van der Waals surface area contributed by atoms with E-state index in [1.54, 1.807) is 18.2 Å². The molecule has 0 unspecified atom stereocenters. The average Bonchev–Trinajstić information content (AvgIpc) is 3.30. The number of carbonyl (C=O) groups excluding carboxylic acids is 1. The molecule has 0 spiro atoms. The van der Waals surface area contributed by atoms with Gasteiger partial charge in [-0.15, -0.1) is 10.2 Å². The number of aromatic nitrogens is 2. The molecule has 6 nitrogen and oxygen atoms in total. The molecule has 2 aromatic heterocycles. The number of nitrogens with zero attached hydrogens (tertiary/aromatic N) is 3. The minimum Gasteiger partial charge on any atom is -0.467 e. The van der Waals surface area contributed by atoms with Crippen molar-refractivity contribution in [2.75, 3.05) is 18.1 Å². The number of thioether (sulfide) groups is 1. The Kier molecular flexibility index (Phi) is 6.08. The zero-order chi connectivity index (χ0) is 17.5. The summed E-state index contributed by atoms with van der Waals surface area (Å²) in [7, 11) is 1.76. The molecule has 0 saturated carbocycles. The van der Waals surface area contributed by atoms with Gasteiger partial charge in [0.25, 0.3) is 0 Å². The molecule has 0 aliphatic heterocycles. The van der Waals surface area contributed by atoms with Gasteiger partial charge in [0.2, 0.25) is 11.0 Å². The number of amides is 1. The first kappa shape index (κ1) is 17.5. The van der Waals surface area contributed by atoms with E-state index < -0.39 is 0 Å². The second kappa shape index (κ2) is 8.68. The molecule has 0 aliphatic carbocycles. The van der Waals surface area contributed by atoms with Gasteiger partial charge < -0.3 is 14.6 Å². The third-order valence-electron chi connectivity index (χ3n) is 3.41. The monoisotopic (exact) mass is 374 g/mol. The van der Waals surface area contributed by atoms with Gasteiger partial charge in [-0.1, -0.05) is 53.4 Å². The molecule has 3 rings (SSSR count). The number of hydrogen-bond donors (Lipinski definition) is 1. The Labute approximate surface area is 154 Å². The molecule has 0 atom stereocenters. The van der Waals surface area contributed by atoms with Crippen molar-refractivity contribution in [3.63, 3.8) is 0 Å². The Balaban J connectivity index is 1.44. The SMILES string of the molecule is CN(Cc1ccco1)C(=O)CSc1nnc(NCc2ccccc2)s1. The molecule has 3 aromatic rings. The van der Waals surface area contributed by atoms with E-state index in [1.807, 2.05) is 30.3 Å². The van der Waals surface area contributed by atoms with E-state index in [0.29, 0.717) is 18.8 Å². The van der Waals surface area contributed by atoms with Gasteiger partial charge in [0.1, 0.15) is 5.76 Å². The molecule has 0 radical (unpaired) electrons. The summed E-state index contributed by atoms with van der Waals surface area (Å²) in [5.41, 5.74) is 1.18. The van der Waals surface area contributed by atoms with Crippen molar-refractivity contribution >= 4 is 34.1 Å². The average molecular weight is 374 g/mol. The Morgan fingerprint density at radius 2 is 2.08 bits per heavy atom. The summed E-state index contributed by atoms with van der Waals surface area (Å²) in [6, 6.07) is 13.8. The van der Waals surface area contributed by atoms with E-state index >= 15 is 0 Å². The zero-order valence-electron chi connectivity index (χ0n) is 13.7. The first-order valence-electron chi connectivity index (χ1n) is 7.71. The molecule has 0 fully saturated rings. The first-order valence-corrected chi connectivity index (χ1v) is 9.51. The van der Waals surface area contributed by atoms with Crippen LogP contribution in [-0.2, 0) is 17.9 Å². The van der Waals surface area contributed by atoms with E-state index in [1.165, 1.54) is 28.7 Å². The predicted octanol–water partition coefficient (Wildman–Crippen LogP) is 3.49. The molecule has 1 amide bonds. The van der Waals surface area contributed by atoms with Crippen molar-refractivity contribution in [2.24, 2.45) is 0 Å². The first-order chi connectivity index (χ1) is 12.2. The smallest absolute Gasteiger partial charge is 0.233 e. The predicted molar refractivity (Wildman–Crippen MR) is 99.6 cm³/mol. The van der Waals surface area contributed by atoms with Crippen molar-refractivity contribution < 1.29 is 9.21 Å². The Morgan fingerprint density at radius 3 is 2.84 bits per heavy atom. The summed E-state index contributed by atoms with van der Waals surface area (Å²) in [5, 5.41) is 12.2. The van der Waals surface area contributed by atoms with Gasteiger partial charge in [-0.2, -0.15) is 0 Å². The fourth-order valence-electron chi connectivity index (χ4n) is 2.07. The molecule has 1 aromatic carbocycles. The highest BCUT2D eigenvalue weighted by Crippen LogP contribution is 2.26. The van der Waals surface area contributed by atoms with Gasteiger partial charge in [0.05, 0.1) is 18.6 Å². The highest BCUT2D eigenvalue weighted by atomic mass is 32.2. The van der Waals surface area contributed by atoms with Crippen LogP contribution in [0.2, 0.25) is 0 Å². The largest absolute Gasteiger partial charge is 0.467 e. The molecule has 8 heteroatoms. The number of furan rings is 1. The molecule has 0 saturated heterocycles. The van der Waals surface area contributed by atoms with E-state index in [-0.39, 0.29) is 5.91 Å². The van der Waals surface area contributed by atoms with Crippen LogP contribution in [0.5, 0.6) is 0 Å². The Morgan fingerprint density at radius 1 is 1.24 bits per heavy atom.